The number of ketones is 1. The molecule has 0 aliphatic carbocycles. The first kappa shape index (κ1) is 18.6. The molecule has 28 heavy (non-hydrogen) atoms. The average Bonchev–Trinajstić information content (AvgIpc) is 2.97. The molecule has 0 fully saturated rings. The Hall–Kier alpha value is -2.75. The van der Waals surface area contributed by atoms with Gasteiger partial charge in [0.25, 0.3) is 0 Å². The molecular weight excluding hydrogens is 395 g/mol. The molecule has 0 unspecified atom stereocenters. The zero-order valence-corrected chi connectivity index (χ0v) is 16.6. The van der Waals surface area contributed by atoms with Crippen LogP contribution in [0, 0.1) is 6.92 Å². The minimum absolute atomic E-state index is 0.148. The first-order chi connectivity index (χ1) is 13.5. The quantitative estimate of drug-likeness (QED) is 0.460. The van der Waals surface area contributed by atoms with E-state index in [-0.39, 0.29) is 11.5 Å². The van der Waals surface area contributed by atoms with Crippen molar-refractivity contribution in [3.8, 4) is 11.5 Å². The summed E-state index contributed by atoms with van der Waals surface area (Å²) in [6, 6.07) is 18.3. The maximum Gasteiger partial charge on any atom is 0.232 e. The first-order valence-electron chi connectivity index (χ1n) is 8.72. The molecule has 3 nitrogen and oxygen atoms in total. The van der Waals surface area contributed by atoms with Crippen LogP contribution in [0.1, 0.15) is 27.0 Å². The van der Waals surface area contributed by atoms with Gasteiger partial charge in [0.2, 0.25) is 5.78 Å². The molecule has 1 aliphatic heterocycles. The second kappa shape index (κ2) is 7.70. The summed E-state index contributed by atoms with van der Waals surface area (Å²) in [5.41, 5.74) is 3.04. The van der Waals surface area contributed by atoms with E-state index in [0.29, 0.717) is 33.7 Å². The van der Waals surface area contributed by atoms with Gasteiger partial charge < -0.3 is 9.47 Å². The molecule has 0 amide bonds. The van der Waals surface area contributed by atoms with E-state index in [1.807, 2.05) is 49.4 Å². The van der Waals surface area contributed by atoms with Crippen molar-refractivity contribution in [2.75, 3.05) is 0 Å². The van der Waals surface area contributed by atoms with E-state index in [9.17, 15) is 4.79 Å². The SMILES string of the molecule is Cc1cc(OCc2ccccc2Cl)cc2c1C(=O)/C(=C/c1cccc(Cl)c1)O2. The fraction of sp³-hybridized carbons (Fsp3) is 0.0870. The lowest BCUT2D eigenvalue weighted by Crippen LogP contribution is -2.00. The number of carbonyl (C=O) groups is 1. The number of hydrogen-bond donors (Lipinski definition) is 0. The Morgan fingerprint density at radius 3 is 2.64 bits per heavy atom. The smallest absolute Gasteiger partial charge is 0.232 e. The minimum atomic E-state index is -0.148. The fourth-order valence-corrected chi connectivity index (χ4v) is 3.47. The molecular formula is C23H16Cl2O3. The molecule has 0 spiro atoms. The summed E-state index contributed by atoms with van der Waals surface area (Å²) in [6.45, 7) is 2.20. The molecule has 5 heteroatoms. The van der Waals surface area contributed by atoms with Crippen molar-refractivity contribution < 1.29 is 14.3 Å². The number of Topliss-reactive ketones (excluding diaryl/α,β-unsaturated/α-hetero) is 1. The second-order valence-electron chi connectivity index (χ2n) is 6.49. The lowest BCUT2D eigenvalue weighted by Gasteiger charge is -2.10. The van der Waals surface area contributed by atoms with Crippen LogP contribution in [0.4, 0.5) is 0 Å². The van der Waals surface area contributed by atoms with Gasteiger partial charge in [0.1, 0.15) is 18.1 Å². The number of halogens is 2. The van der Waals surface area contributed by atoms with Crippen molar-refractivity contribution in [2.45, 2.75) is 13.5 Å². The molecule has 0 saturated heterocycles. The van der Waals surface area contributed by atoms with Crippen LogP contribution in [0.5, 0.6) is 11.5 Å². The predicted octanol–water partition coefficient (Wildman–Crippen LogP) is 6.50. The van der Waals surface area contributed by atoms with Crippen LogP contribution in [-0.4, -0.2) is 5.78 Å². The lowest BCUT2D eigenvalue weighted by molar-refractivity contribution is 0.101. The summed E-state index contributed by atoms with van der Waals surface area (Å²) in [6.07, 6.45) is 1.69. The molecule has 0 N–H and O–H groups in total. The van der Waals surface area contributed by atoms with Gasteiger partial charge in [-0.1, -0.05) is 53.5 Å². The summed E-state index contributed by atoms with van der Waals surface area (Å²) in [4.78, 5) is 12.8. The van der Waals surface area contributed by atoms with E-state index < -0.39 is 0 Å². The predicted molar refractivity (Wildman–Crippen MR) is 111 cm³/mol. The zero-order valence-electron chi connectivity index (χ0n) is 15.0. The van der Waals surface area contributed by atoms with Crippen molar-refractivity contribution in [2.24, 2.45) is 0 Å². The van der Waals surface area contributed by atoms with Crippen molar-refractivity contribution in [1.29, 1.82) is 0 Å². The number of ether oxygens (including phenoxy) is 2. The largest absolute Gasteiger partial charge is 0.489 e. The van der Waals surface area contributed by atoms with Gasteiger partial charge in [-0.3, -0.25) is 4.79 Å². The van der Waals surface area contributed by atoms with Crippen molar-refractivity contribution in [3.63, 3.8) is 0 Å². The van der Waals surface area contributed by atoms with Gasteiger partial charge in [-0.15, -0.1) is 0 Å². The highest BCUT2D eigenvalue weighted by Crippen LogP contribution is 2.38. The van der Waals surface area contributed by atoms with Gasteiger partial charge in [0, 0.05) is 21.7 Å². The number of rotatable bonds is 4. The highest BCUT2D eigenvalue weighted by molar-refractivity contribution is 6.31. The first-order valence-corrected chi connectivity index (χ1v) is 9.47. The normalized spacial score (nSPS) is 14.1. The van der Waals surface area contributed by atoms with Crippen molar-refractivity contribution in [1.82, 2.24) is 0 Å². The van der Waals surface area contributed by atoms with E-state index in [1.54, 1.807) is 24.3 Å². The molecule has 1 heterocycles. The van der Waals surface area contributed by atoms with Gasteiger partial charge in [-0.25, -0.2) is 0 Å². The van der Waals surface area contributed by atoms with Crippen molar-refractivity contribution >= 4 is 35.1 Å². The second-order valence-corrected chi connectivity index (χ2v) is 7.33. The lowest BCUT2D eigenvalue weighted by atomic mass is 10.0. The van der Waals surface area contributed by atoms with Gasteiger partial charge in [0.15, 0.2) is 5.76 Å². The number of hydrogen-bond acceptors (Lipinski definition) is 3. The molecule has 3 aromatic carbocycles. The van der Waals surface area contributed by atoms with Crippen LogP contribution in [0.2, 0.25) is 10.0 Å². The summed E-state index contributed by atoms with van der Waals surface area (Å²) >= 11 is 12.2. The van der Waals surface area contributed by atoms with Crippen LogP contribution in [0.3, 0.4) is 0 Å². The van der Waals surface area contributed by atoms with E-state index in [4.69, 9.17) is 32.7 Å². The highest BCUT2D eigenvalue weighted by Gasteiger charge is 2.30. The Bertz CT molecular complexity index is 1100. The van der Waals surface area contributed by atoms with Gasteiger partial charge in [-0.05, 0) is 48.4 Å². The van der Waals surface area contributed by atoms with Gasteiger partial charge in [0.05, 0.1) is 5.56 Å². The molecule has 0 radical (unpaired) electrons. The number of fused-ring (bicyclic) bond motifs is 1. The molecule has 0 saturated carbocycles. The van der Waals surface area contributed by atoms with E-state index >= 15 is 0 Å². The van der Waals surface area contributed by atoms with Gasteiger partial charge >= 0.3 is 0 Å². The molecule has 0 atom stereocenters. The Morgan fingerprint density at radius 1 is 1.04 bits per heavy atom. The van der Waals surface area contributed by atoms with Crippen LogP contribution in [0.15, 0.2) is 66.4 Å². The van der Waals surface area contributed by atoms with Gasteiger partial charge in [-0.2, -0.15) is 0 Å². The Labute approximate surface area is 173 Å². The zero-order chi connectivity index (χ0) is 19.7. The van der Waals surface area contributed by atoms with Crippen molar-refractivity contribution in [3.05, 3.63) is 98.7 Å². The fourth-order valence-electron chi connectivity index (χ4n) is 3.09. The Morgan fingerprint density at radius 2 is 1.86 bits per heavy atom. The molecule has 0 aromatic heterocycles. The molecule has 0 bridgehead atoms. The van der Waals surface area contributed by atoms with E-state index in [1.165, 1.54) is 0 Å². The Kier molecular flexibility index (Phi) is 5.12. The number of carbonyl (C=O) groups excluding carboxylic acids is 1. The maximum absolute atomic E-state index is 12.8. The third kappa shape index (κ3) is 3.77. The number of allylic oxidation sites excluding steroid dienone is 1. The summed E-state index contributed by atoms with van der Waals surface area (Å²) in [7, 11) is 0. The Balaban J connectivity index is 1.58. The molecule has 140 valence electrons. The molecule has 1 aliphatic rings. The van der Waals surface area contributed by atoms with Crippen LogP contribution >= 0.6 is 23.2 Å². The average molecular weight is 411 g/mol. The number of benzene rings is 3. The summed E-state index contributed by atoms with van der Waals surface area (Å²) < 4.78 is 11.7. The summed E-state index contributed by atoms with van der Waals surface area (Å²) in [5.74, 6) is 1.23. The van der Waals surface area contributed by atoms with Crippen LogP contribution < -0.4 is 9.47 Å². The van der Waals surface area contributed by atoms with Crippen LogP contribution in [0.25, 0.3) is 6.08 Å². The third-order valence-electron chi connectivity index (χ3n) is 4.44. The van der Waals surface area contributed by atoms with E-state index in [2.05, 4.69) is 0 Å². The monoisotopic (exact) mass is 410 g/mol. The highest BCUT2D eigenvalue weighted by atomic mass is 35.5. The molecule has 4 rings (SSSR count). The van der Waals surface area contributed by atoms with Crippen LogP contribution in [-0.2, 0) is 6.61 Å². The standard InChI is InChI=1S/C23H16Cl2O3/c1-14-9-18(27-13-16-6-2-3-8-19(16)25)12-20-22(14)23(26)21(28-20)11-15-5-4-7-17(24)10-15/h2-12H,13H2,1H3/b21-11-. The third-order valence-corrected chi connectivity index (χ3v) is 5.05. The maximum atomic E-state index is 12.8. The topological polar surface area (TPSA) is 35.5 Å². The number of aryl methyl sites for hydroxylation is 1. The van der Waals surface area contributed by atoms with E-state index in [0.717, 1.165) is 16.7 Å². The molecule has 3 aromatic rings. The minimum Gasteiger partial charge on any atom is -0.489 e. The summed E-state index contributed by atoms with van der Waals surface area (Å²) in [5, 5.41) is 1.25.